The molecule has 0 bridgehead atoms. The normalized spacial score (nSPS) is 12.5. The number of pyridine rings is 2. The molecular weight excluding hydrogens is 240 g/mol. The highest BCUT2D eigenvalue weighted by atomic mass is 16.5. The Morgan fingerprint density at radius 1 is 1.26 bits per heavy atom. The van der Waals surface area contributed by atoms with Crippen LogP contribution in [0.5, 0.6) is 5.75 Å². The van der Waals surface area contributed by atoms with Gasteiger partial charge in [-0.15, -0.1) is 0 Å². The molecule has 2 aromatic rings. The predicted octanol–water partition coefficient (Wildman–Crippen LogP) is 2.65. The van der Waals surface area contributed by atoms with Crippen LogP contribution < -0.4 is 4.74 Å². The van der Waals surface area contributed by atoms with Crippen molar-refractivity contribution in [1.82, 2.24) is 9.97 Å². The van der Waals surface area contributed by atoms with Crippen molar-refractivity contribution in [3.63, 3.8) is 0 Å². The summed E-state index contributed by atoms with van der Waals surface area (Å²) in [5.74, 6) is 0.660. The molecule has 4 heteroatoms. The number of hydrogen-bond donors (Lipinski definition) is 1. The van der Waals surface area contributed by atoms with Crippen LogP contribution in [0.25, 0.3) is 0 Å². The van der Waals surface area contributed by atoms with E-state index in [1.54, 1.807) is 18.6 Å². The van der Waals surface area contributed by atoms with Crippen molar-refractivity contribution < 1.29 is 9.84 Å². The fourth-order valence-corrected chi connectivity index (χ4v) is 1.89. The smallest absolute Gasteiger partial charge is 0.138 e. The number of aromatic nitrogens is 2. The van der Waals surface area contributed by atoms with E-state index < -0.39 is 6.10 Å². The molecule has 0 aromatic carbocycles. The molecule has 1 N–H and O–H groups in total. The third-order valence-corrected chi connectivity index (χ3v) is 2.76. The summed E-state index contributed by atoms with van der Waals surface area (Å²) in [7, 11) is 0. The molecule has 2 heterocycles. The first kappa shape index (κ1) is 13.5. The average molecular weight is 258 g/mol. The number of rotatable bonds is 4. The Morgan fingerprint density at radius 2 is 2.05 bits per heavy atom. The molecular formula is C15H18N2O2. The lowest BCUT2D eigenvalue weighted by atomic mass is 10.0. The Hall–Kier alpha value is -1.94. The second kappa shape index (κ2) is 5.80. The van der Waals surface area contributed by atoms with Crippen LogP contribution in [0.3, 0.4) is 0 Å². The minimum Gasteiger partial charge on any atom is -0.489 e. The van der Waals surface area contributed by atoms with Crippen LogP contribution in [0, 0.1) is 6.92 Å². The lowest BCUT2D eigenvalue weighted by Crippen LogP contribution is -2.08. The zero-order valence-corrected chi connectivity index (χ0v) is 11.4. The fourth-order valence-electron chi connectivity index (χ4n) is 1.89. The number of aliphatic hydroxyl groups excluding tert-OH is 1. The zero-order valence-electron chi connectivity index (χ0n) is 11.4. The van der Waals surface area contributed by atoms with Gasteiger partial charge in [-0.3, -0.25) is 9.97 Å². The highest BCUT2D eigenvalue weighted by Gasteiger charge is 2.14. The van der Waals surface area contributed by atoms with Crippen LogP contribution in [0.15, 0.2) is 36.8 Å². The molecule has 1 atom stereocenters. The minimum absolute atomic E-state index is 0.0781. The van der Waals surface area contributed by atoms with Crippen LogP contribution >= 0.6 is 0 Å². The van der Waals surface area contributed by atoms with Gasteiger partial charge in [0.15, 0.2) is 0 Å². The van der Waals surface area contributed by atoms with Crippen molar-refractivity contribution >= 4 is 0 Å². The van der Waals surface area contributed by atoms with Gasteiger partial charge in [-0.25, -0.2) is 0 Å². The summed E-state index contributed by atoms with van der Waals surface area (Å²) in [5.41, 5.74) is 2.30. The van der Waals surface area contributed by atoms with E-state index in [2.05, 4.69) is 9.97 Å². The number of aliphatic hydroxyl groups is 1. The molecule has 1 unspecified atom stereocenters. The molecule has 0 saturated carbocycles. The van der Waals surface area contributed by atoms with E-state index in [9.17, 15) is 5.11 Å². The van der Waals surface area contributed by atoms with E-state index in [0.717, 1.165) is 11.3 Å². The van der Waals surface area contributed by atoms with Gasteiger partial charge in [-0.2, -0.15) is 0 Å². The van der Waals surface area contributed by atoms with Crippen molar-refractivity contribution in [2.75, 3.05) is 0 Å². The molecule has 0 aliphatic carbocycles. The van der Waals surface area contributed by atoms with Crippen LogP contribution in [-0.4, -0.2) is 21.2 Å². The Kier molecular flexibility index (Phi) is 4.12. The van der Waals surface area contributed by atoms with Gasteiger partial charge in [0.2, 0.25) is 0 Å². The van der Waals surface area contributed by atoms with Crippen molar-refractivity contribution in [3.05, 3.63) is 53.6 Å². The largest absolute Gasteiger partial charge is 0.489 e. The van der Waals surface area contributed by atoms with E-state index in [1.165, 1.54) is 0 Å². The summed E-state index contributed by atoms with van der Waals surface area (Å²) in [6.45, 7) is 5.78. The van der Waals surface area contributed by atoms with Gasteiger partial charge < -0.3 is 9.84 Å². The standard InChI is InChI=1S/C15H18N2O2/c1-10(2)19-13-7-12(8-16-9-13)15(18)14-5-4-6-17-11(14)3/h4-10,15,18H,1-3H3. The van der Waals surface area contributed by atoms with Gasteiger partial charge in [-0.05, 0) is 32.9 Å². The van der Waals surface area contributed by atoms with Crippen molar-refractivity contribution in [2.45, 2.75) is 33.0 Å². The second-order valence-corrected chi connectivity index (χ2v) is 4.70. The molecule has 0 spiro atoms. The zero-order chi connectivity index (χ0) is 13.8. The lowest BCUT2D eigenvalue weighted by molar-refractivity contribution is 0.214. The molecule has 4 nitrogen and oxygen atoms in total. The first-order valence-electron chi connectivity index (χ1n) is 6.29. The first-order valence-corrected chi connectivity index (χ1v) is 6.29. The molecule has 0 aliphatic rings. The Labute approximate surface area is 113 Å². The van der Waals surface area contributed by atoms with E-state index in [4.69, 9.17) is 4.74 Å². The summed E-state index contributed by atoms with van der Waals surface area (Å²) in [6, 6.07) is 5.49. The van der Waals surface area contributed by atoms with Crippen LogP contribution in [-0.2, 0) is 0 Å². The van der Waals surface area contributed by atoms with Crippen LogP contribution in [0.1, 0.15) is 36.8 Å². The SMILES string of the molecule is Cc1ncccc1C(O)c1cncc(OC(C)C)c1. The number of aryl methyl sites for hydroxylation is 1. The maximum Gasteiger partial charge on any atom is 0.138 e. The van der Waals surface area contributed by atoms with E-state index >= 15 is 0 Å². The lowest BCUT2D eigenvalue weighted by Gasteiger charge is -2.15. The minimum atomic E-state index is -0.739. The molecule has 0 radical (unpaired) electrons. The maximum atomic E-state index is 10.4. The molecule has 0 aliphatic heterocycles. The molecule has 0 saturated heterocycles. The summed E-state index contributed by atoms with van der Waals surface area (Å²) >= 11 is 0. The molecule has 0 fully saturated rings. The van der Waals surface area contributed by atoms with E-state index in [0.29, 0.717) is 11.3 Å². The van der Waals surface area contributed by atoms with Crippen LogP contribution in [0.2, 0.25) is 0 Å². The highest BCUT2D eigenvalue weighted by Crippen LogP contribution is 2.25. The second-order valence-electron chi connectivity index (χ2n) is 4.70. The van der Waals surface area contributed by atoms with E-state index in [-0.39, 0.29) is 6.10 Å². The Bertz CT molecular complexity index is 555. The van der Waals surface area contributed by atoms with Crippen LogP contribution in [0.4, 0.5) is 0 Å². The summed E-state index contributed by atoms with van der Waals surface area (Å²) < 4.78 is 5.58. The average Bonchev–Trinajstić information content (AvgIpc) is 2.38. The van der Waals surface area contributed by atoms with Gasteiger partial charge in [-0.1, -0.05) is 6.07 Å². The topological polar surface area (TPSA) is 55.2 Å². The van der Waals surface area contributed by atoms with Gasteiger partial charge in [0, 0.05) is 29.2 Å². The van der Waals surface area contributed by atoms with Crippen molar-refractivity contribution in [2.24, 2.45) is 0 Å². The maximum absolute atomic E-state index is 10.4. The molecule has 0 amide bonds. The van der Waals surface area contributed by atoms with Crippen molar-refractivity contribution in [3.8, 4) is 5.75 Å². The molecule has 2 rings (SSSR count). The summed E-state index contributed by atoms with van der Waals surface area (Å²) in [4.78, 5) is 8.29. The van der Waals surface area contributed by atoms with Crippen molar-refractivity contribution in [1.29, 1.82) is 0 Å². The molecule has 19 heavy (non-hydrogen) atoms. The fraction of sp³-hybridized carbons (Fsp3) is 0.333. The Balaban J connectivity index is 2.29. The highest BCUT2D eigenvalue weighted by molar-refractivity contribution is 5.33. The molecule has 100 valence electrons. The number of ether oxygens (including phenoxy) is 1. The third kappa shape index (κ3) is 3.29. The van der Waals surface area contributed by atoms with Gasteiger partial charge in [0.25, 0.3) is 0 Å². The summed E-state index contributed by atoms with van der Waals surface area (Å²) in [5, 5.41) is 10.4. The van der Waals surface area contributed by atoms with Gasteiger partial charge >= 0.3 is 0 Å². The molecule has 2 aromatic heterocycles. The first-order chi connectivity index (χ1) is 9.08. The van der Waals surface area contributed by atoms with E-state index in [1.807, 2.05) is 39.0 Å². The Morgan fingerprint density at radius 3 is 2.74 bits per heavy atom. The van der Waals surface area contributed by atoms with Gasteiger partial charge in [0.05, 0.1) is 12.3 Å². The third-order valence-electron chi connectivity index (χ3n) is 2.76. The quantitative estimate of drug-likeness (QED) is 0.916. The predicted molar refractivity (Wildman–Crippen MR) is 73.0 cm³/mol. The van der Waals surface area contributed by atoms with Gasteiger partial charge in [0.1, 0.15) is 11.9 Å². The monoisotopic (exact) mass is 258 g/mol. The number of nitrogens with zero attached hydrogens (tertiary/aromatic N) is 2. The summed E-state index contributed by atoms with van der Waals surface area (Å²) in [6.07, 6.45) is 4.34. The number of hydrogen-bond acceptors (Lipinski definition) is 4.